The van der Waals surface area contributed by atoms with E-state index in [1.54, 1.807) is 12.1 Å². The van der Waals surface area contributed by atoms with Crippen LogP contribution in [-0.2, 0) is 0 Å². The molecule has 0 atom stereocenters. The third kappa shape index (κ3) is 1.60. The molecule has 2 N–H and O–H groups in total. The highest BCUT2D eigenvalue weighted by Gasteiger charge is 2.11. The molecule has 0 spiro atoms. The first-order valence-corrected chi connectivity index (χ1v) is 5.31. The fourth-order valence-corrected chi connectivity index (χ4v) is 1.96. The number of nitrogens with one attached hydrogen (secondary N) is 2. The number of H-pyrrole nitrogens is 2. The lowest BCUT2D eigenvalue weighted by Crippen LogP contribution is -1.99. The van der Waals surface area contributed by atoms with E-state index >= 15 is 0 Å². The zero-order valence-corrected chi connectivity index (χ0v) is 9.13. The molecule has 18 heavy (non-hydrogen) atoms. The van der Waals surface area contributed by atoms with E-state index in [1.165, 1.54) is 24.3 Å². The fraction of sp³-hybridized carbons (Fsp3) is 0. The largest absolute Gasteiger partial charge is 0.323 e. The predicted octanol–water partition coefficient (Wildman–Crippen LogP) is 2.80. The Bertz CT molecular complexity index is 769. The molecule has 1 aromatic heterocycles. The van der Waals surface area contributed by atoms with Gasteiger partial charge in [0.15, 0.2) is 0 Å². The summed E-state index contributed by atoms with van der Waals surface area (Å²) in [6.45, 7) is 0. The fourth-order valence-electron chi connectivity index (χ4n) is 1.96. The summed E-state index contributed by atoms with van der Waals surface area (Å²) in [7, 11) is 0. The smallest absolute Gasteiger partial charge is 0.306 e. The number of halogens is 2. The quantitative estimate of drug-likeness (QED) is 0.681. The van der Waals surface area contributed by atoms with Crippen LogP contribution in [0.25, 0.3) is 22.2 Å². The summed E-state index contributed by atoms with van der Waals surface area (Å²) in [6.07, 6.45) is 0. The second-order valence-corrected chi connectivity index (χ2v) is 3.94. The van der Waals surface area contributed by atoms with Crippen LogP contribution in [0, 0.1) is 11.6 Å². The number of aromatic amines is 2. The summed E-state index contributed by atoms with van der Waals surface area (Å²) < 4.78 is 27.2. The van der Waals surface area contributed by atoms with Crippen LogP contribution in [-0.4, -0.2) is 9.97 Å². The van der Waals surface area contributed by atoms with E-state index in [1.807, 2.05) is 0 Å². The first-order chi connectivity index (χ1) is 8.65. The summed E-state index contributed by atoms with van der Waals surface area (Å²) in [5.41, 5.74) is 1.05. The monoisotopic (exact) mass is 246 g/mol. The molecule has 0 fully saturated rings. The van der Waals surface area contributed by atoms with Gasteiger partial charge in [0.1, 0.15) is 11.6 Å². The van der Waals surface area contributed by atoms with Crippen molar-refractivity contribution >= 4 is 11.0 Å². The summed E-state index contributed by atoms with van der Waals surface area (Å²) in [5.74, 6) is -1.26. The molecular formula is C13H8F2N2O. The second-order valence-electron chi connectivity index (χ2n) is 3.94. The molecule has 0 saturated carbocycles. The van der Waals surface area contributed by atoms with Gasteiger partial charge in [-0.2, -0.15) is 0 Å². The minimum Gasteiger partial charge on any atom is -0.306 e. The van der Waals surface area contributed by atoms with Crippen molar-refractivity contribution < 1.29 is 8.78 Å². The molecule has 5 heteroatoms. The number of benzene rings is 2. The first-order valence-electron chi connectivity index (χ1n) is 5.31. The van der Waals surface area contributed by atoms with Crippen LogP contribution in [0.15, 0.2) is 41.2 Å². The number of hydrogen-bond acceptors (Lipinski definition) is 1. The molecule has 3 rings (SSSR count). The van der Waals surface area contributed by atoms with E-state index in [0.29, 0.717) is 16.6 Å². The Kier molecular flexibility index (Phi) is 2.26. The molecule has 0 saturated heterocycles. The van der Waals surface area contributed by atoms with Crippen molar-refractivity contribution in [1.29, 1.82) is 0 Å². The summed E-state index contributed by atoms with van der Waals surface area (Å²) in [6, 6.07) is 8.41. The molecule has 0 radical (unpaired) electrons. The number of aromatic nitrogens is 2. The van der Waals surface area contributed by atoms with Crippen molar-refractivity contribution in [3.8, 4) is 11.1 Å². The third-order valence-electron chi connectivity index (χ3n) is 2.77. The van der Waals surface area contributed by atoms with Crippen LogP contribution < -0.4 is 5.69 Å². The van der Waals surface area contributed by atoms with Crippen LogP contribution in [0.2, 0.25) is 0 Å². The molecule has 0 aliphatic heterocycles. The molecule has 2 aromatic carbocycles. The highest BCUT2D eigenvalue weighted by molar-refractivity contribution is 5.81. The minimum atomic E-state index is -0.632. The van der Waals surface area contributed by atoms with Crippen LogP contribution in [0.4, 0.5) is 8.78 Å². The van der Waals surface area contributed by atoms with E-state index in [2.05, 4.69) is 9.97 Å². The zero-order chi connectivity index (χ0) is 12.7. The average molecular weight is 246 g/mol. The first kappa shape index (κ1) is 10.7. The van der Waals surface area contributed by atoms with Gasteiger partial charge in [0.25, 0.3) is 0 Å². The van der Waals surface area contributed by atoms with E-state index in [0.717, 1.165) is 0 Å². The molecule has 3 aromatic rings. The highest BCUT2D eigenvalue weighted by atomic mass is 19.1. The maximum absolute atomic E-state index is 13.6. The normalized spacial score (nSPS) is 11.0. The molecule has 3 nitrogen and oxygen atoms in total. The maximum atomic E-state index is 13.6. The van der Waals surface area contributed by atoms with Crippen molar-refractivity contribution in [1.82, 2.24) is 9.97 Å². The Hall–Kier alpha value is -2.43. The lowest BCUT2D eigenvalue weighted by atomic mass is 10.0. The van der Waals surface area contributed by atoms with Crippen molar-refractivity contribution in [2.24, 2.45) is 0 Å². The van der Waals surface area contributed by atoms with Gasteiger partial charge in [-0.05, 0) is 29.8 Å². The van der Waals surface area contributed by atoms with E-state index in [4.69, 9.17) is 0 Å². The van der Waals surface area contributed by atoms with Gasteiger partial charge in [0.05, 0.1) is 16.6 Å². The van der Waals surface area contributed by atoms with Crippen molar-refractivity contribution in [3.05, 3.63) is 58.5 Å². The zero-order valence-electron chi connectivity index (χ0n) is 9.13. The van der Waals surface area contributed by atoms with Crippen LogP contribution in [0.5, 0.6) is 0 Å². The van der Waals surface area contributed by atoms with Gasteiger partial charge in [-0.15, -0.1) is 0 Å². The third-order valence-corrected chi connectivity index (χ3v) is 2.77. The van der Waals surface area contributed by atoms with Crippen LogP contribution >= 0.6 is 0 Å². The van der Waals surface area contributed by atoms with E-state index < -0.39 is 11.6 Å². The minimum absolute atomic E-state index is 0.0959. The average Bonchev–Trinajstić information content (AvgIpc) is 2.68. The van der Waals surface area contributed by atoms with E-state index in [-0.39, 0.29) is 11.3 Å². The number of rotatable bonds is 1. The summed E-state index contributed by atoms with van der Waals surface area (Å²) >= 11 is 0. The van der Waals surface area contributed by atoms with Gasteiger partial charge in [-0.1, -0.05) is 12.1 Å². The number of fused-ring (bicyclic) bond motifs is 1. The molecule has 0 bridgehead atoms. The lowest BCUT2D eigenvalue weighted by Gasteiger charge is -2.04. The Balaban J connectivity index is 2.28. The van der Waals surface area contributed by atoms with Gasteiger partial charge in [-0.25, -0.2) is 13.6 Å². The van der Waals surface area contributed by atoms with Gasteiger partial charge < -0.3 is 9.97 Å². The lowest BCUT2D eigenvalue weighted by molar-refractivity contribution is 0.589. The summed E-state index contributed by atoms with van der Waals surface area (Å²) in [4.78, 5) is 16.2. The topological polar surface area (TPSA) is 48.6 Å². The predicted molar refractivity (Wildman–Crippen MR) is 64.3 cm³/mol. The number of imidazole rings is 1. The van der Waals surface area contributed by atoms with E-state index in [9.17, 15) is 13.6 Å². The SMILES string of the molecule is O=c1[nH]c2ccc(-c3c(F)cccc3F)cc2[nH]1. The second kappa shape index (κ2) is 3.80. The van der Waals surface area contributed by atoms with Crippen LogP contribution in [0.1, 0.15) is 0 Å². The highest BCUT2D eigenvalue weighted by Crippen LogP contribution is 2.27. The van der Waals surface area contributed by atoms with Crippen molar-refractivity contribution in [2.45, 2.75) is 0 Å². The van der Waals surface area contributed by atoms with Gasteiger partial charge in [0.2, 0.25) is 0 Å². The van der Waals surface area contributed by atoms with Crippen molar-refractivity contribution in [3.63, 3.8) is 0 Å². The molecule has 0 aliphatic rings. The summed E-state index contributed by atoms with van der Waals surface area (Å²) in [5, 5.41) is 0. The van der Waals surface area contributed by atoms with Gasteiger partial charge in [0, 0.05) is 0 Å². The van der Waals surface area contributed by atoms with Gasteiger partial charge >= 0.3 is 5.69 Å². The molecule has 90 valence electrons. The van der Waals surface area contributed by atoms with Crippen molar-refractivity contribution in [2.75, 3.05) is 0 Å². The van der Waals surface area contributed by atoms with Gasteiger partial charge in [-0.3, -0.25) is 0 Å². The standard InChI is InChI=1S/C13H8F2N2O/c14-8-2-1-3-9(15)12(8)7-4-5-10-11(6-7)17-13(18)16-10/h1-6H,(H2,16,17,18). The molecule has 0 unspecified atom stereocenters. The Morgan fingerprint density at radius 3 is 2.28 bits per heavy atom. The molecule has 1 heterocycles. The molecular weight excluding hydrogens is 238 g/mol. The Morgan fingerprint density at radius 2 is 1.56 bits per heavy atom. The molecule has 0 amide bonds. The maximum Gasteiger partial charge on any atom is 0.323 e. The number of hydrogen-bond donors (Lipinski definition) is 2. The van der Waals surface area contributed by atoms with Crippen LogP contribution in [0.3, 0.4) is 0 Å². The Morgan fingerprint density at radius 1 is 0.889 bits per heavy atom. The Labute approximate surface area is 100 Å². The molecule has 0 aliphatic carbocycles.